The van der Waals surface area contributed by atoms with Gasteiger partial charge in [0.05, 0.1) is 6.61 Å². The number of carboxylic acid groups (broad SMARTS) is 1. The molecule has 1 N–H and O–H groups in total. The zero-order chi connectivity index (χ0) is 12.2. The maximum absolute atomic E-state index is 10.9. The Morgan fingerprint density at radius 2 is 2.19 bits per heavy atom. The van der Waals surface area contributed by atoms with E-state index in [1.165, 1.54) is 12.3 Å². The van der Waals surface area contributed by atoms with Gasteiger partial charge in [-0.15, -0.1) is 0 Å². The molecular formula is C11H17NO3Si. The van der Waals surface area contributed by atoms with Gasteiger partial charge in [-0.2, -0.15) is 0 Å². The van der Waals surface area contributed by atoms with E-state index >= 15 is 0 Å². The predicted molar refractivity (Wildman–Crippen MR) is 64.8 cm³/mol. The second-order valence-corrected chi connectivity index (χ2v) is 10.4. The highest BCUT2D eigenvalue weighted by molar-refractivity contribution is 6.76. The summed E-state index contributed by atoms with van der Waals surface area (Å²) in [6.45, 7) is 7.26. The molecule has 0 fully saturated rings. The monoisotopic (exact) mass is 239 g/mol. The quantitative estimate of drug-likeness (QED) is 0.802. The van der Waals surface area contributed by atoms with Crippen LogP contribution in [-0.4, -0.2) is 30.7 Å². The molecule has 0 aliphatic heterocycles. The molecule has 0 unspecified atom stereocenters. The van der Waals surface area contributed by atoms with Gasteiger partial charge in [-0.05, 0) is 18.2 Å². The molecule has 0 spiro atoms. The molecule has 1 rings (SSSR count). The molecule has 0 aliphatic rings. The molecule has 0 amide bonds. The largest absolute Gasteiger partial charge is 0.477 e. The third-order valence-electron chi connectivity index (χ3n) is 2.09. The van der Waals surface area contributed by atoms with Crippen LogP contribution in [-0.2, 0) is 0 Å². The summed E-state index contributed by atoms with van der Waals surface area (Å²) in [5.74, 6) is -0.788. The number of ether oxygens (including phenoxy) is 1. The number of aromatic nitrogens is 1. The normalized spacial score (nSPS) is 11.2. The van der Waals surface area contributed by atoms with E-state index in [0.29, 0.717) is 6.61 Å². The molecule has 1 aromatic heterocycles. The molecule has 0 aromatic carbocycles. The first-order valence-corrected chi connectivity index (χ1v) is 8.92. The lowest BCUT2D eigenvalue weighted by Crippen LogP contribution is -2.23. The van der Waals surface area contributed by atoms with Gasteiger partial charge in [-0.1, -0.05) is 19.6 Å². The number of aromatic carboxylic acids is 1. The van der Waals surface area contributed by atoms with Crippen LogP contribution in [0.15, 0.2) is 18.3 Å². The van der Waals surface area contributed by atoms with Gasteiger partial charge < -0.3 is 9.84 Å². The van der Waals surface area contributed by atoms with Gasteiger partial charge >= 0.3 is 5.97 Å². The van der Waals surface area contributed by atoms with Gasteiger partial charge in [-0.25, -0.2) is 9.78 Å². The highest BCUT2D eigenvalue weighted by Crippen LogP contribution is 2.16. The van der Waals surface area contributed by atoms with Crippen LogP contribution in [0, 0.1) is 0 Å². The van der Waals surface area contributed by atoms with Crippen LogP contribution in [0.5, 0.6) is 5.88 Å². The topological polar surface area (TPSA) is 59.4 Å². The van der Waals surface area contributed by atoms with Crippen molar-refractivity contribution in [1.29, 1.82) is 0 Å². The first kappa shape index (κ1) is 12.7. The minimum atomic E-state index is -1.16. The van der Waals surface area contributed by atoms with Crippen molar-refractivity contribution < 1.29 is 14.6 Å². The Labute approximate surface area is 96.3 Å². The predicted octanol–water partition coefficient (Wildman–Crippen LogP) is 2.50. The number of rotatable bonds is 5. The van der Waals surface area contributed by atoms with E-state index in [4.69, 9.17) is 9.84 Å². The highest BCUT2D eigenvalue weighted by atomic mass is 28.3. The average molecular weight is 239 g/mol. The molecule has 0 bridgehead atoms. The minimum absolute atomic E-state index is 0.123. The van der Waals surface area contributed by atoms with Crippen LogP contribution >= 0.6 is 0 Å². The lowest BCUT2D eigenvalue weighted by atomic mass is 10.3. The molecule has 16 heavy (non-hydrogen) atoms. The van der Waals surface area contributed by atoms with Crippen LogP contribution in [0.3, 0.4) is 0 Å². The van der Waals surface area contributed by atoms with Crippen molar-refractivity contribution in [3.8, 4) is 5.88 Å². The van der Waals surface area contributed by atoms with Crippen LogP contribution in [0.1, 0.15) is 10.4 Å². The molecule has 88 valence electrons. The fourth-order valence-electron chi connectivity index (χ4n) is 1.12. The van der Waals surface area contributed by atoms with Crippen molar-refractivity contribution >= 4 is 14.0 Å². The third-order valence-corrected chi connectivity index (χ3v) is 3.80. The molecule has 5 heteroatoms. The number of hydrogen-bond donors (Lipinski definition) is 1. The number of nitrogens with zero attached hydrogens (tertiary/aromatic N) is 1. The van der Waals surface area contributed by atoms with E-state index in [1.807, 2.05) is 0 Å². The maximum atomic E-state index is 10.9. The van der Waals surface area contributed by atoms with Crippen molar-refractivity contribution in [3.05, 3.63) is 23.9 Å². The zero-order valence-electron chi connectivity index (χ0n) is 9.86. The Bertz CT molecular complexity index is 374. The van der Waals surface area contributed by atoms with Crippen LogP contribution in [0.2, 0.25) is 25.7 Å². The summed E-state index contributed by atoms with van der Waals surface area (Å²) < 4.78 is 5.42. The van der Waals surface area contributed by atoms with Crippen molar-refractivity contribution in [2.45, 2.75) is 25.7 Å². The van der Waals surface area contributed by atoms with Gasteiger partial charge in [0, 0.05) is 14.3 Å². The molecule has 0 saturated carbocycles. The van der Waals surface area contributed by atoms with Gasteiger partial charge in [0.15, 0.2) is 0 Å². The van der Waals surface area contributed by atoms with Crippen molar-refractivity contribution in [2.75, 3.05) is 6.61 Å². The molecule has 0 aliphatic carbocycles. The molecule has 4 nitrogen and oxygen atoms in total. The highest BCUT2D eigenvalue weighted by Gasteiger charge is 2.15. The van der Waals surface area contributed by atoms with E-state index in [0.717, 1.165) is 6.04 Å². The third kappa shape index (κ3) is 4.02. The lowest BCUT2D eigenvalue weighted by molar-refractivity contribution is 0.0691. The Morgan fingerprint density at radius 1 is 1.50 bits per heavy atom. The summed E-state index contributed by atoms with van der Waals surface area (Å²) in [5.41, 5.74) is 0.123. The summed E-state index contributed by atoms with van der Waals surface area (Å²) in [6.07, 6.45) is 1.54. The summed E-state index contributed by atoms with van der Waals surface area (Å²) in [5, 5.41) is 8.91. The molecule has 1 heterocycles. The SMILES string of the molecule is C[Si](C)(C)CCOc1ncccc1C(=O)O. The minimum Gasteiger partial charge on any atom is -0.477 e. The Morgan fingerprint density at radius 3 is 2.75 bits per heavy atom. The van der Waals surface area contributed by atoms with E-state index in [9.17, 15) is 4.79 Å². The van der Waals surface area contributed by atoms with Crippen LogP contribution in [0.25, 0.3) is 0 Å². The summed E-state index contributed by atoms with van der Waals surface area (Å²) >= 11 is 0. The van der Waals surface area contributed by atoms with Gasteiger partial charge in [-0.3, -0.25) is 0 Å². The average Bonchev–Trinajstić information content (AvgIpc) is 2.16. The number of pyridine rings is 1. The fourth-order valence-corrected chi connectivity index (χ4v) is 1.84. The molecule has 0 atom stereocenters. The second kappa shape index (κ2) is 5.11. The Kier molecular flexibility index (Phi) is 4.06. The summed E-state index contributed by atoms with van der Waals surface area (Å²) in [6, 6.07) is 4.08. The van der Waals surface area contributed by atoms with Crippen molar-refractivity contribution in [3.63, 3.8) is 0 Å². The molecule has 1 aromatic rings. The van der Waals surface area contributed by atoms with Gasteiger partial charge in [0.25, 0.3) is 0 Å². The number of hydrogen-bond acceptors (Lipinski definition) is 3. The van der Waals surface area contributed by atoms with Gasteiger partial charge in [0.1, 0.15) is 5.56 Å². The maximum Gasteiger partial charge on any atom is 0.341 e. The van der Waals surface area contributed by atoms with Gasteiger partial charge in [0.2, 0.25) is 5.88 Å². The lowest BCUT2D eigenvalue weighted by Gasteiger charge is -2.16. The molecule has 0 saturated heterocycles. The number of carboxylic acids is 1. The Balaban J connectivity index is 2.64. The standard InChI is InChI=1S/C11H17NO3Si/c1-16(2,3)8-7-15-10-9(11(13)14)5-4-6-12-10/h4-6H,7-8H2,1-3H3,(H,13,14). The van der Waals surface area contributed by atoms with Crippen molar-refractivity contribution in [2.24, 2.45) is 0 Å². The van der Waals surface area contributed by atoms with E-state index in [2.05, 4.69) is 24.6 Å². The van der Waals surface area contributed by atoms with E-state index < -0.39 is 14.0 Å². The number of carbonyl (C=O) groups is 1. The summed E-state index contributed by atoms with van der Waals surface area (Å²) in [4.78, 5) is 14.8. The van der Waals surface area contributed by atoms with E-state index in [1.54, 1.807) is 6.07 Å². The zero-order valence-corrected chi connectivity index (χ0v) is 10.9. The summed E-state index contributed by atoms with van der Waals surface area (Å²) in [7, 11) is -1.16. The van der Waals surface area contributed by atoms with Crippen LogP contribution in [0.4, 0.5) is 0 Å². The first-order chi connectivity index (χ1) is 7.40. The fraction of sp³-hybridized carbons (Fsp3) is 0.455. The second-order valence-electron chi connectivity index (χ2n) is 4.82. The molecular weight excluding hydrogens is 222 g/mol. The van der Waals surface area contributed by atoms with Crippen LogP contribution < -0.4 is 4.74 Å². The van der Waals surface area contributed by atoms with Crippen molar-refractivity contribution in [1.82, 2.24) is 4.98 Å². The Hall–Kier alpha value is -1.36. The first-order valence-electron chi connectivity index (χ1n) is 5.21. The van der Waals surface area contributed by atoms with E-state index in [-0.39, 0.29) is 11.4 Å². The molecule has 0 radical (unpaired) electrons. The smallest absolute Gasteiger partial charge is 0.341 e.